The van der Waals surface area contributed by atoms with Gasteiger partial charge in [0.15, 0.2) is 0 Å². The molecule has 1 aromatic carbocycles. The molecule has 2 aliphatic rings. The van der Waals surface area contributed by atoms with Crippen LogP contribution in [0.5, 0.6) is 0 Å². The molecule has 2 aromatic heterocycles. The van der Waals surface area contributed by atoms with E-state index in [2.05, 4.69) is 26.3 Å². The van der Waals surface area contributed by atoms with Crippen LogP contribution in [0.3, 0.4) is 0 Å². The Kier molecular flexibility index (Phi) is 5.21. The molecule has 1 N–H and O–H groups in total. The predicted molar refractivity (Wildman–Crippen MR) is 116 cm³/mol. The number of anilines is 2. The Hall–Kier alpha value is -2.44. The predicted octanol–water partition coefficient (Wildman–Crippen LogP) is 4.26. The van der Waals surface area contributed by atoms with Crippen molar-refractivity contribution in [3.05, 3.63) is 53.4 Å². The molecule has 29 heavy (non-hydrogen) atoms. The second-order valence-corrected chi connectivity index (χ2v) is 8.20. The molecular formula is C22H24ClN5O. The molecule has 0 bridgehead atoms. The van der Waals surface area contributed by atoms with Gasteiger partial charge >= 0.3 is 0 Å². The van der Waals surface area contributed by atoms with E-state index in [-0.39, 0.29) is 0 Å². The zero-order chi connectivity index (χ0) is 19.6. The Morgan fingerprint density at radius 1 is 1.03 bits per heavy atom. The number of halogens is 1. The highest BCUT2D eigenvalue weighted by atomic mass is 35.5. The van der Waals surface area contributed by atoms with Crippen LogP contribution in [0.25, 0.3) is 10.9 Å². The average molecular weight is 410 g/mol. The highest BCUT2D eigenvalue weighted by Crippen LogP contribution is 2.29. The fourth-order valence-corrected chi connectivity index (χ4v) is 4.43. The average Bonchev–Trinajstić information content (AvgIpc) is 3.23. The summed E-state index contributed by atoms with van der Waals surface area (Å²) in [5, 5.41) is 5.48. The van der Waals surface area contributed by atoms with E-state index in [0.29, 0.717) is 17.0 Å². The molecule has 0 radical (unpaired) electrons. The summed E-state index contributed by atoms with van der Waals surface area (Å²) >= 11 is 6.11. The van der Waals surface area contributed by atoms with Gasteiger partial charge in [0, 0.05) is 72.4 Å². The molecule has 1 atom stereocenters. The SMILES string of the molecule is Clc1ccc2c(NC3CCN(c4nccc(C5CCOCC5)n4)C3)ccnc2c1. The number of hydrogen-bond donors (Lipinski definition) is 1. The van der Waals surface area contributed by atoms with E-state index in [1.54, 1.807) is 0 Å². The normalized spacial score (nSPS) is 20.3. The van der Waals surface area contributed by atoms with Crippen LogP contribution in [-0.4, -0.2) is 47.3 Å². The van der Waals surface area contributed by atoms with E-state index in [0.717, 1.165) is 73.8 Å². The summed E-state index contributed by atoms with van der Waals surface area (Å²) in [5.74, 6) is 1.32. The van der Waals surface area contributed by atoms with Gasteiger partial charge in [0.2, 0.25) is 5.95 Å². The Bertz CT molecular complexity index is 1010. The largest absolute Gasteiger partial charge is 0.381 e. The fourth-order valence-electron chi connectivity index (χ4n) is 4.26. The molecule has 4 heterocycles. The third kappa shape index (κ3) is 4.00. The van der Waals surface area contributed by atoms with Crippen LogP contribution in [0.15, 0.2) is 42.7 Å². The van der Waals surface area contributed by atoms with Crippen molar-refractivity contribution < 1.29 is 4.74 Å². The number of fused-ring (bicyclic) bond motifs is 1. The zero-order valence-corrected chi connectivity index (χ0v) is 17.0. The second kappa shape index (κ2) is 8.13. The monoisotopic (exact) mass is 409 g/mol. The number of ether oxygens (including phenoxy) is 1. The summed E-state index contributed by atoms with van der Waals surface area (Å²) in [5.41, 5.74) is 3.15. The van der Waals surface area contributed by atoms with E-state index in [1.165, 1.54) is 0 Å². The number of aromatic nitrogens is 3. The van der Waals surface area contributed by atoms with Crippen LogP contribution in [0.1, 0.15) is 30.9 Å². The Labute approximate surface area is 175 Å². The Morgan fingerprint density at radius 3 is 2.79 bits per heavy atom. The van der Waals surface area contributed by atoms with Gasteiger partial charge < -0.3 is 15.0 Å². The Morgan fingerprint density at radius 2 is 1.90 bits per heavy atom. The summed E-state index contributed by atoms with van der Waals surface area (Å²) in [4.78, 5) is 16.1. The van der Waals surface area contributed by atoms with E-state index >= 15 is 0 Å². The first-order valence-corrected chi connectivity index (χ1v) is 10.6. The Balaban J connectivity index is 1.30. The molecule has 0 spiro atoms. The number of rotatable bonds is 4. The lowest BCUT2D eigenvalue weighted by Crippen LogP contribution is -2.27. The minimum atomic E-state index is 0.339. The zero-order valence-electron chi connectivity index (χ0n) is 16.2. The smallest absolute Gasteiger partial charge is 0.225 e. The first kappa shape index (κ1) is 18.6. The van der Waals surface area contributed by atoms with Crippen LogP contribution in [-0.2, 0) is 4.74 Å². The third-order valence-corrected chi connectivity index (χ3v) is 6.07. The summed E-state index contributed by atoms with van der Waals surface area (Å²) in [6.45, 7) is 3.48. The highest BCUT2D eigenvalue weighted by molar-refractivity contribution is 6.31. The van der Waals surface area contributed by atoms with Crippen molar-refractivity contribution in [2.75, 3.05) is 36.5 Å². The van der Waals surface area contributed by atoms with Gasteiger partial charge in [0.1, 0.15) is 0 Å². The lowest BCUT2D eigenvalue weighted by Gasteiger charge is -2.23. The summed E-state index contributed by atoms with van der Waals surface area (Å²) in [7, 11) is 0. The van der Waals surface area contributed by atoms with Crippen molar-refractivity contribution in [2.45, 2.75) is 31.2 Å². The van der Waals surface area contributed by atoms with Crippen molar-refractivity contribution in [1.29, 1.82) is 0 Å². The number of nitrogens with one attached hydrogen (secondary N) is 1. The van der Waals surface area contributed by atoms with Crippen LogP contribution < -0.4 is 10.2 Å². The van der Waals surface area contributed by atoms with Crippen LogP contribution >= 0.6 is 11.6 Å². The number of nitrogens with zero attached hydrogens (tertiary/aromatic N) is 4. The van der Waals surface area contributed by atoms with Gasteiger partial charge in [0.05, 0.1) is 5.52 Å². The molecule has 6 nitrogen and oxygen atoms in total. The van der Waals surface area contributed by atoms with Gasteiger partial charge in [-0.05, 0) is 49.6 Å². The first-order chi connectivity index (χ1) is 14.3. The second-order valence-electron chi connectivity index (χ2n) is 7.76. The number of benzene rings is 1. The minimum absolute atomic E-state index is 0.339. The van der Waals surface area contributed by atoms with Gasteiger partial charge in [-0.3, -0.25) is 4.98 Å². The topological polar surface area (TPSA) is 63.2 Å². The summed E-state index contributed by atoms with van der Waals surface area (Å²) in [6, 6.07) is 10.3. The summed E-state index contributed by atoms with van der Waals surface area (Å²) in [6.07, 6.45) is 6.85. The maximum atomic E-state index is 6.11. The van der Waals surface area contributed by atoms with Gasteiger partial charge in [-0.25, -0.2) is 9.97 Å². The minimum Gasteiger partial charge on any atom is -0.381 e. The molecule has 0 amide bonds. The van der Waals surface area contributed by atoms with Crippen molar-refractivity contribution in [2.24, 2.45) is 0 Å². The summed E-state index contributed by atoms with van der Waals surface area (Å²) < 4.78 is 5.49. The van der Waals surface area contributed by atoms with Crippen LogP contribution in [0, 0.1) is 0 Å². The molecule has 1 unspecified atom stereocenters. The molecule has 0 aliphatic carbocycles. The van der Waals surface area contributed by atoms with Gasteiger partial charge in [-0.15, -0.1) is 0 Å². The van der Waals surface area contributed by atoms with Crippen molar-refractivity contribution >= 4 is 34.1 Å². The highest BCUT2D eigenvalue weighted by Gasteiger charge is 2.26. The molecule has 0 saturated carbocycles. The molecule has 5 rings (SSSR count). The van der Waals surface area contributed by atoms with Crippen LogP contribution in [0.2, 0.25) is 5.02 Å². The first-order valence-electron chi connectivity index (χ1n) is 10.2. The van der Waals surface area contributed by atoms with E-state index < -0.39 is 0 Å². The van der Waals surface area contributed by atoms with E-state index in [4.69, 9.17) is 21.3 Å². The molecule has 150 valence electrons. The number of pyridine rings is 1. The quantitative estimate of drug-likeness (QED) is 0.694. The lowest BCUT2D eigenvalue weighted by atomic mass is 9.96. The molecule has 3 aromatic rings. The maximum absolute atomic E-state index is 6.11. The molecule has 7 heteroatoms. The van der Waals surface area contributed by atoms with Gasteiger partial charge in [0.25, 0.3) is 0 Å². The van der Waals surface area contributed by atoms with Crippen molar-refractivity contribution in [3.63, 3.8) is 0 Å². The van der Waals surface area contributed by atoms with E-state index in [1.807, 2.05) is 36.7 Å². The third-order valence-electron chi connectivity index (χ3n) is 5.84. The fraction of sp³-hybridized carbons (Fsp3) is 0.409. The van der Waals surface area contributed by atoms with Crippen molar-refractivity contribution in [3.8, 4) is 0 Å². The molecule has 2 aliphatic heterocycles. The number of hydrogen-bond acceptors (Lipinski definition) is 6. The molecule has 2 fully saturated rings. The van der Waals surface area contributed by atoms with E-state index in [9.17, 15) is 0 Å². The molecular weight excluding hydrogens is 386 g/mol. The van der Waals surface area contributed by atoms with Gasteiger partial charge in [-0.1, -0.05) is 11.6 Å². The lowest BCUT2D eigenvalue weighted by molar-refractivity contribution is 0.0845. The van der Waals surface area contributed by atoms with Gasteiger partial charge in [-0.2, -0.15) is 0 Å². The standard InChI is InChI=1S/C22H24ClN5O/c23-16-1-2-18-20(4-8-24-21(18)13-16)26-17-5-10-28(14-17)22-25-9-3-19(27-22)15-6-11-29-12-7-15/h1-4,8-9,13,15,17H,5-7,10-12,14H2,(H,24,26). The van der Waals surface area contributed by atoms with Crippen molar-refractivity contribution in [1.82, 2.24) is 15.0 Å². The molecule has 2 saturated heterocycles. The van der Waals surface area contributed by atoms with Crippen LogP contribution in [0.4, 0.5) is 11.6 Å². The maximum Gasteiger partial charge on any atom is 0.225 e.